The summed E-state index contributed by atoms with van der Waals surface area (Å²) in [5.41, 5.74) is -0.0501. The predicted octanol–water partition coefficient (Wildman–Crippen LogP) is 1.52. The van der Waals surface area contributed by atoms with E-state index in [2.05, 4.69) is 15.6 Å². The molecule has 7 heteroatoms. The van der Waals surface area contributed by atoms with Crippen LogP contribution in [0.25, 0.3) is 0 Å². The van der Waals surface area contributed by atoms with Crippen LogP contribution in [0.1, 0.15) is 30.6 Å². The van der Waals surface area contributed by atoms with E-state index in [1.165, 1.54) is 0 Å². The van der Waals surface area contributed by atoms with Gasteiger partial charge in [0.1, 0.15) is 11.0 Å². The highest BCUT2D eigenvalue weighted by Gasteiger charge is 2.13. The van der Waals surface area contributed by atoms with Crippen molar-refractivity contribution in [1.82, 2.24) is 15.6 Å². The molecule has 0 aliphatic carbocycles. The number of rotatable bonds is 5. The van der Waals surface area contributed by atoms with Crippen LogP contribution in [-0.2, 0) is 4.79 Å². The zero-order chi connectivity index (χ0) is 14.4. The Morgan fingerprint density at radius 3 is 2.79 bits per heavy atom. The van der Waals surface area contributed by atoms with Crippen molar-refractivity contribution < 1.29 is 14.0 Å². The highest BCUT2D eigenvalue weighted by molar-refractivity contribution is 6.32. The van der Waals surface area contributed by atoms with E-state index in [1.807, 2.05) is 13.8 Å². The van der Waals surface area contributed by atoms with Gasteiger partial charge in [-0.15, -0.1) is 0 Å². The van der Waals surface area contributed by atoms with E-state index < -0.39 is 11.7 Å². The fourth-order valence-corrected chi connectivity index (χ4v) is 1.55. The quantitative estimate of drug-likeness (QED) is 0.807. The lowest BCUT2D eigenvalue weighted by molar-refractivity contribution is -0.121. The summed E-state index contributed by atoms with van der Waals surface area (Å²) in [6, 6.07) is 1.05. The van der Waals surface area contributed by atoms with Crippen molar-refractivity contribution in [2.45, 2.75) is 26.3 Å². The first-order chi connectivity index (χ1) is 8.90. The highest BCUT2D eigenvalue weighted by Crippen LogP contribution is 2.13. The summed E-state index contributed by atoms with van der Waals surface area (Å²) in [4.78, 5) is 26.6. The molecule has 2 amide bonds. The molecule has 0 spiro atoms. The molecule has 0 aliphatic heterocycles. The molecule has 104 valence electrons. The number of aromatic nitrogens is 1. The fraction of sp³-hybridized carbons (Fsp3) is 0.417. The van der Waals surface area contributed by atoms with E-state index in [-0.39, 0.29) is 35.6 Å². The number of nitrogens with one attached hydrogen (secondary N) is 2. The van der Waals surface area contributed by atoms with E-state index in [4.69, 9.17) is 11.6 Å². The van der Waals surface area contributed by atoms with Crippen LogP contribution in [-0.4, -0.2) is 29.4 Å². The van der Waals surface area contributed by atoms with E-state index in [0.29, 0.717) is 0 Å². The average Bonchev–Trinajstić information content (AvgIpc) is 2.31. The summed E-state index contributed by atoms with van der Waals surface area (Å²) in [5.74, 6) is -1.37. The molecule has 0 saturated carbocycles. The monoisotopic (exact) mass is 287 g/mol. The van der Waals surface area contributed by atoms with Crippen LogP contribution in [0.3, 0.4) is 0 Å². The van der Waals surface area contributed by atoms with Gasteiger partial charge < -0.3 is 10.6 Å². The molecule has 0 aromatic carbocycles. The molecular formula is C12H15ClFN3O2. The van der Waals surface area contributed by atoms with Crippen LogP contribution in [0, 0.1) is 5.82 Å². The first-order valence-corrected chi connectivity index (χ1v) is 6.16. The number of halogens is 2. The van der Waals surface area contributed by atoms with Gasteiger partial charge in [-0.25, -0.2) is 9.37 Å². The molecule has 5 nitrogen and oxygen atoms in total. The van der Waals surface area contributed by atoms with Gasteiger partial charge in [0, 0.05) is 19.0 Å². The summed E-state index contributed by atoms with van der Waals surface area (Å²) < 4.78 is 12.9. The third-order valence-electron chi connectivity index (χ3n) is 2.14. The van der Waals surface area contributed by atoms with Crippen LogP contribution in [0.15, 0.2) is 12.3 Å². The van der Waals surface area contributed by atoms with Gasteiger partial charge in [-0.05, 0) is 19.9 Å². The molecule has 1 aromatic rings. The van der Waals surface area contributed by atoms with Crippen LogP contribution in [0.2, 0.25) is 5.15 Å². The Hall–Kier alpha value is -1.69. The van der Waals surface area contributed by atoms with Crippen LogP contribution < -0.4 is 10.6 Å². The van der Waals surface area contributed by atoms with Crippen molar-refractivity contribution >= 4 is 23.4 Å². The van der Waals surface area contributed by atoms with E-state index in [0.717, 1.165) is 12.3 Å². The number of amides is 2. The van der Waals surface area contributed by atoms with E-state index >= 15 is 0 Å². The largest absolute Gasteiger partial charge is 0.354 e. The van der Waals surface area contributed by atoms with Gasteiger partial charge in [-0.1, -0.05) is 11.6 Å². The van der Waals surface area contributed by atoms with Gasteiger partial charge in [-0.2, -0.15) is 0 Å². The second kappa shape index (κ2) is 7.04. The molecule has 19 heavy (non-hydrogen) atoms. The average molecular weight is 288 g/mol. The van der Waals surface area contributed by atoms with Crippen molar-refractivity contribution in [3.63, 3.8) is 0 Å². The van der Waals surface area contributed by atoms with Crippen molar-refractivity contribution in [2.75, 3.05) is 6.54 Å². The Morgan fingerprint density at radius 2 is 2.16 bits per heavy atom. The summed E-state index contributed by atoms with van der Waals surface area (Å²) in [5, 5.41) is 5.09. The number of hydrogen-bond donors (Lipinski definition) is 2. The first kappa shape index (κ1) is 15.4. The van der Waals surface area contributed by atoms with Gasteiger partial charge in [0.2, 0.25) is 5.91 Å². The second-order valence-corrected chi connectivity index (χ2v) is 4.58. The number of carbonyl (C=O) groups excluding carboxylic acids is 2. The SMILES string of the molecule is CC(C)NC(=O)CCNC(=O)c1cc(F)cnc1Cl. The molecule has 1 rings (SSSR count). The predicted molar refractivity (Wildman–Crippen MR) is 69.4 cm³/mol. The minimum absolute atomic E-state index is 0.0464. The van der Waals surface area contributed by atoms with Gasteiger partial charge in [0.25, 0.3) is 5.91 Å². The van der Waals surface area contributed by atoms with Crippen LogP contribution >= 0.6 is 11.6 Å². The molecule has 0 saturated heterocycles. The van der Waals surface area contributed by atoms with E-state index in [9.17, 15) is 14.0 Å². The molecule has 0 aliphatic rings. The molecule has 0 atom stereocenters. The van der Waals surface area contributed by atoms with Gasteiger partial charge in [0.05, 0.1) is 11.8 Å². The normalized spacial score (nSPS) is 10.4. The highest BCUT2D eigenvalue weighted by atomic mass is 35.5. The Morgan fingerprint density at radius 1 is 1.47 bits per heavy atom. The Labute approximate surface area is 115 Å². The molecule has 2 N–H and O–H groups in total. The maximum Gasteiger partial charge on any atom is 0.254 e. The zero-order valence-electron chi connectivity index (χ0n) is 10.7. The zero-order valence-corrected chi connectivity index (χ0v) is 11.4. The number of pyridine rings is 1. The van der Waals surface area contributed by atoms with Crippen molar-refractivity contribution in [3.8, 4) is 0 Å². The molecule has 0 fully saturated rings. The van der Waals surface area contributed by atoms with Crippen LogP contribution in [0.5, 0.6) is 0 Å². The summed E-state index contributed by atoms with van der Waals surface area (Å²) in [7, 11) is 0. The van der Waals surface area contributed by atoms with Gasteiger partial charge in [0.15, 0.2) is 0 Å². The Bertz CT molecular complexity index is 480. The maximum absolute atomic E-state index is 12.9. The lowest BCUT2D eigenvalue weighted by atomic mass is 10.2. The molecular weight excluding hydrogens is 273 g/mol. The number of nitrogens with zero attached hydrogens (tertiary/aromatic N) is 1. The third-order valence-corrected chi connectivity index (χ3v) is 2.44. The summed E-state index contributed by atoms with van der Waals surface area (Å²) >= 11 is 5.68. The number of carbonyl (C=O) groups is 2. The van der Waals surface area contributed by atoms with Crippen molar-refractivity contribution in [3.05, 3.63) is 28.8 Å². The molecule has 0 unspecified atom stereocenters. The smallest absolute Gasteiger partial charge is 0.254 e. The standard InChI is InChI=1S/C12H15ClFN3O2/c1-7(2)17-10(18)3-4-15-12(19)9-5-8(14)6-16-11(9)13/h5-7H,3-4H2,1-2H3,(H,15,19)(H,17,18). The topological polar surface area (TPSA) is 71.1 Å². The lowest BCUT2D eigenvalue weighted by Gasteiger charge is -2.09. The first-order valence-electron chi connectivity index (χ1n) is 5.78. The van der Waals surface area contributed by atoms with Crippen molar-refractivity contribution in [1.29, 1.82) is 0 Å². The van der Waals surface area contributed by atoms with Gasteiger partial charge in [-0.3, -0.25) is 9.59 Å². The molecule has 1 heterocycles. The number of hydrogen-bond acceptors (Lipinski definition) is 3. The lowest BCUT2D eigenvalue weighted by Crippen LogP contribution is -2.34. The fourth-order valence-electron chi connectivity index (χ4n) is 1.36. The summed E-state index contributed by atoms with van der Waals surface area (Å²) in [6.07, 6.45) is 1.07. The second-order valence-electron chi connectivity index (χ2n) is 4.22. The molecule has 1 aromatic heterocycles. The molecule has 0 bridgehead atoms. The van der Waals surface area contributed by atoms with Crippen LogP contribution in [0.4, 0.5) is 4.39 Å². The minimum atomic E-state index is -0.646. The third kappa shape index (κ3) is 5.21. The Balaban J connectivity index is 2.48. The maximum atomic E-state index is 12.9. The van der Waals surface area contributed by atoms with E-state index in [1.54, 1.807) is 0 Å². The van der Waals surface area contributed by atoms with Gasteiger partial charge >= 0.3 is 0 Å². The van der Waals surface area contributed by atoms with Crippen molar-refractivity contribution in [2.24, 2.45) is 0 Å². The molecule has 0 radical (unpaired) electrons. The Kier molecular flexibility index (Phi) is 5.69. The summed E-state index contributed by atoms with van der Waals surface area (Å²) in [6.45, 7) is 3.83. The minimum Gasteiger partial charge on any atom is -0.354 e.